The number of morpholine rings is 1. The number of nitrogens with two attached hydrogens (primary N) is 1. The fourth-order valence-electron chi connectivity index (χ4n) is 4.07. The van der Waals surface area contributed by atoms with E-state index in [1.165, 1.54) is 24.8 Å². The number of halogens is 2. The number of hydrogen-bond donors (Lipinski definition) is 2. The lowest BCUT2D eigenvalue weighted by Gasteiger charge is -2.35. The van der Waals surface area contributed by atoms with Gasteiger partial charge in [-0.05, 0) is 36.4 Å². The van der Waals surface area contributed by atoms with E-state index < -0.39 is 0 Å². The van der Waals surface area contributed by atoms with Crippen molar-refractivity contribution in [2.45, 2.75) is 45.1 Å². The molecular formula is C20H33Cl2N3O2. The molecular weight excluding hydrogens is 385 g/mol. The molecule has 1 saturated carbocycles. The zero-order valence-corrected chi connectivity index (χ0v) is 17.6. The van der Waals surface area contributed by atoms with Gasteiger partial charge in [-0.25, -0.2) is 0 Å². The second-order valence-electron chi connectivity index (χ2n) is 7.54. The van der Waals surface area contributed by atoms with E-state index in [1.54, 1.807) is 0 Å². The first-order valence-corrected chi connectivity index (χ1v) is 9.59. The zero-order valence-electron chi connectivity index (χ0n) is 16.0. The van der Waals surface area contributed by atoms with Gasteiger partial charge in [-0.2, -0.15) is 0 Å². The Hall–Kier alpha value is -0.850. The van der Waals surface area contributed by atoms with Crippen molar-refractivity contribution in [3.05, 3.63) is 29.8 Å². The third kappa shape index (κ3) is 6.91. The molecule has 2 aliphatic rings. The average Bonchev–Trinajstić information content (AvgIpc) is 2.65. The molecule has 0 atom stereocenters. The van der Waals surface area contributed by atoms with E-state index in [4.69, 9.17) is 10.5 Å². The summed E-state index contributed by atoms with van der Waals surface area (Å²) < 4.78 is 5.42. The minimum absolute atomic E-state index is 0. The summed E-state index contributed by atoms with van der Waals surface area (Å²) in [6, 6.07) is 8.12. The van der Waals surface area contributed by atoms with E-state index in [1.807, 2.05) is 18.2 Å². The van der Waals surface area contributed by atoms with E-state index in [2.05, 4.69) is 16.3 Å². The quantitative estimate of drug-likeness (QED) is 0.741. The SMILES string of the molecule is Cl.Cl.NCC1(CC(=O)Nc2ccccc2CN2CCOCC2)CCCCC1. The van der Waals surface area contributed by atoms with E-state index in [9.17, 15) is 4.79 Å². The highest BCUT2D eigenvalue weighted by atomic mass is 35.5. The predicted molar refractivity (Wildman–Crippen MR) is 115 cm³/mol. The van der Waals surface area contributed by atoms with Gasteiger partial charge in [0.05, 0.1) is 13.2 Å². The van der Waals surface area contributed by atoms with Crippen molar-refractivity contribution < 1.29 is 9.53 Å². The van der Waals surface area contributed by atoms with Crippen LogP contribution in [-0.2, 0) is 16.1 Å². The molecule has 1 aliphatic heterocycles. The molecule has 5 nitrogen and oxygen atoms in total. The lowest BCUT2D eigenvalue weighted by Crippen LogP contribution is -2.37. The number of rotatable bonds is 6. The number of benzene rings is 1. The first-order chi connectivity index (χ1) is 12.2. The average molecular weight is 418 g/mol. The van der Waals surface area contributed by atoms with Gasteiger partial charge in [0.15, 0.2) is 0 Å². The molecule has 0 bridgehead atoms. The van der Waals surface area contributed by atoms with Crippen molar-refractivity contribution in [1.29, 1.82) is 0 Å². The molecule has 1 aromatic rings. The third-order valence-electron chi connectivity index (χ3n) is 5.67. The summed E-state index contributed by atoms with van der Waals surface area (Å²) in [6.07, 6.45) is 6.34. The molecule has 0 aromatic heterocycles. The van der Waals surface area contributed by atoms with Gasteiger partial charge in [-0.1, -0.05) is 37.5 Å². The Labute approximate surface area is 175 Å². The van der Waals surface area contributed by atoms with Gasteiger partial charge in [-0.3, -0.25) is 9.69 Å². The summed E-state index contributed by atoms with van der Waals surface area (Å²) in [5.41, 5.74) is 8.14. The standard InChI is InChI=1S/C20H31N3O2.2ClH/c21-16-20(8-4-1-5-9-20)14-19(24)22-18-7-3-2-6-17(18)15-23-10-12-25-13-11-23;;/h2-3,6-7H,1,4-5,8-16,21H2,(H,22,24);2*1H. The second-order valence-corrected chi connectivity index (χ2v) is 7.54. The van der Waals surface area contributed by atoms with Gasteiger partial charge in [-0.15, -0.1) is 24.8 Å². The minimum atomic E-state index is 0. The van der Waals surface area contributed by atoms with Crippen LogP contribution in [0.4, 0.5) is 5.69 Å². The van der Waals surface area contributed by atoms with Crippen LogP contribution in [0.25, 0.3) is 0 Å². The number of ether oxygens (including phenoxy) is 1. The molecule has 27 heavy (non-hydrogen) atoms. The highest BCUT2D eigenvalue weighted by Gasteiger charge is 2.33. The molecule has 0 radical (unpaired) electrons. The summed E-state index contributed by atoms with van der Waals surface area (Å²) in [6.45, 7) is 4.91. The predicted octanol–water partition coefficient (Wildman–Crippen LogP) is 3.60. The van der Waals surface area contributed by atoms with Gasteiger partial charge in [0.1, 0.15) is 0 Å². The van der Waals surface area contributed by atoms with Crippen LogP contribution in [-0.4, -0.2) is 43.7 Å². The molecule has 3 N–H and O–H groups in total. The zero-order chi connectivity index (χ0) is 17.5. The molecule has 1 aliphatic carbocycles. The lowest BCUT2D eigenvalue weighted by atomic mass is 9.71. The normalized spacial score (nSPS) is 19.4. The lowest BCUT2D eigenvalue weighted by molar-refractivity contribution is -0.118. The molecule has 7 heteroatoms. The number of amides is 1. The molecule has 2 fully saturated rings. The van der Waals surface area contributed by atoms with Crippen molar-refractivity contribution in [3.8, 4) is 0 Å². The number of para-hydroxylation sites is 1. The van der Waals surface area contributed by atoms with Crippen LogP contribution in [0.5, 0.6) is 0 Å². The van der Waals surface area contributed by atoms with Crippen LogP contribution >= 0.6 is 24.8 Å². The topological polar surface area (TPSA) is 67.6 Å². The Balaban J connectivity index is 0.00000182. The fourth-order valence-corrected chi connectivity index (χ4v) is 4.07. The van der Waals surface area contributed by atoms with Gasteiger partial charge in [0.25, 0.3) is 0 Å². The maximum absolute atomic E-state index is 12.7. The number of carbonyl (C=O) groups excluding carboxylic acids is 1. The summed E-state index contributed by atoms with van der Waals surface area (Å²) in [4.78, 5) is 15.1. The molecule has 1 heterocycles. The van der Waals surface area contributed by atoms with Crippen LogP contribution in [0.2, 0.25) is 0 Å². The number of carbonyl (C=O) groups is 1. The van der Waals surface area contributed by atoms with Crippen LogP contribution in [0.1, 0.15) is 44.1 Å². The first-order valence-electron chi connectivity index (χ1n) is 9.59. The number of hydrogen-bond acceptors (Lipinski definition) is 4. The van der Waals surface area contributed by atoms with Crippen LogP contribution in [0, 0.1) is 5.41 Å². The Morgan fingerprint density at radius 1 is 1.11 bits per heavy atom. The molecule has 0 unspecified atom stereocenters. The van der Waals surface area contributed by atoms with Crippen molar-refractivity contribution in [1.82, 2.24) is 4.90 Å². The maximum atomic E-state index is 12.7. The van der Waals surface area contributed by atoms with Crippen LogP contribution in [0.3, 0.4) is 0 Å². The Morgan fingerprint density at radius 3 is 2.44 bits per heavy atom. The van der Waals surface area contributed by atoms with E-state index in [-0.39, 0.29) is 36.1 Å². The minimum Gasteiger partial charge on any atom is -0.379 e. The smallest absolute Gasteiger partial charge is 0.224 e. The molecule has 0 spiro atoms. The van der Waals surface area contributed by atoms with Crippen LogP contribution in [0.15, 0.2) is 24.3 Å². The summed E-state index contributed by atoms with van der Waals surface area (Å²) in [5.74, 6) is 0.0989. The summed E-state index contributed by atoms with van der Waals surface area (Å²) >= 11 is 0. The molecule has 1 saturated heterocycles. The fraction of sp³-hybridized carbons (Fsp3) is 0.650. The van der Waals surface area contributed by atoms with Gasteiger partial charge in [0, 0.05) is 31.7 Å². The number of nitrogens with zero attached hydrogens (tertiary/aromatic N) is 1. The summed E-state index contributed by atoms with van der Waals surface area (Å²) in [5, 5.41) is 3.15. The van der Waals surface area contributed by atoms with E-state index >= 15 is 0 Å². The Morgan fingerprint density at radius 2 is 1.78 bits per heavy atom. The maximum Gasteiger partial charge on any atom is 0.224 e. The van der Waals surface area contributed by atoms with Crippen LogP contribution < -0.4 is 11.1 Å². The van der Waals surface area contributed by atoms with E-state index in [0.29, 0.717) is 13.0 Å². The van der Waals surface area contributed by atoms with Crippen molar-refractivity contribution >= 4 is 36.4 Å². The second kappa shape index (κ2) is 11.9. The highest BCUT2D eigenvalue weighted by molar-refractivity contribution is 5.92. The summed E-state index contributed by atoms with van der Waals surface area (Å²) in [7, 11) is 0. The van der Waals surface area contributed by atoms with E-state index in [0.717, 1.165) is 51.4 Å². The Kier molecular flexibility index (Phi) is 10.6. The number of anilines is 1. The largest absolute Gasteiger partial charge is 0.379 e. The highest BCUT2D eigenvalue weighted by Crippen LogP contribution is 2.38. The van der Waals surface area contributed by atoms with Gasteiger partial charge in [0.2, 0.25) is 5.91 Å². The van der Waals surface area contributed by atoms with Gasteiger partial charge >= 0.3 is 0 Å². The molecule has 3 rings (SSSR count). The Bertz CT molecular complexity index is 574. The van der Waals surface area contributed by atoms with Gasteiger partial charge < -0.3 is 15.8 Å². The van der Waals surface area contributed by atoms with Crippen molar-refractivity contribution in [2.75, 3.05) is 38.2 Å². The van der Waals surface area contributed by atoms with Crippen molar-refractivity contribution in [2.24, 2.45) is 11.1 Å². The molecule has 1 aromatic carbocycles. The number of nitrogens with one attached hydrogen (secondary N) is 1. The third-order valence-corrected chi connectivity index (χ3v) is 5.67. The molecule has 154 valence electrons. The first kappa shape index (κ1) is 24.2. The monoisotopic (exact) mass is 417 g/mol. The van der Waals surface area contributed by atoms with Crippen molar-refractivity contribution in [3.63, 3.8) is 0 Å². The molecule has 1 amide bonds.